The van der Waals surface area contributed by atoms with Gasteiger partial charge in [-0.25, -0.2) is 13.8 Å². The molecule has 0 spiro atoms. The highest BCUT2D eigenvalue weighted by Crippen LogP contribution is 2.42. The smallest absolute Gasteiger partial charge is 0.248 e. The molecule has 0 radical (unpaired) electrons. The van der Waals surface area contributed by atoms with Crippen molar-refractivity contribution in [3.8, 4) is 0 Å². The number of imidazole rings is 1. The Labute approximate surface area is 173 Å². The zero-order valence-electron chi connectivity index (χ0n) is 16.6. The lowest BCUT2D eigenvalue weighted by Crippen LogP contribution is -2.61. The molecule has 1 atom stereocenters. The average Bonchev–Trinajstić information content (AvgIpc) is 3.07. The Balaban J connectivity index is 1.48. The highest BCUT2D eigenvalue weighted by Gasteiger charge is 2.46. The van der Waals surface area contributed by atoms with Crippen molar-refractivity contribution in [2.45, 2.75) is 44.2 Å². The molecule has 29 heavy (non-hydrogen) atoms. The second-order valence-corrected chi connectivity index (χ2v) is 9.06. The fourth-order valence-corrected chi connectivity index (χ4v) is 4.58. The molecule has 1 aliphatic heterocycles. The largest absolute Gasteiger partial charge is 0.343 e. The summed E-state index contributed by atoms with van der Waals surface area (Å²) in [6.07, 6.45) is 3.38. The van der Waals surface area contributed by atoms with Crippen LogP contribution >= 0.6 is 11.6 Å². The van der Waals surface area contributed by atoms with Crippen LogP contribution in [0.5, 0.6) is 0 Å². The molecule has 9 heteroatoms. The summed E-state index contributed by atoms with van der Waals surface area (Å²) >= 11 is 6.24. The fourth-order valence-electron chi connectivity index (χ4n) is 4.37. The van der Waals surface area contributed by atoms with Crippen LogP contribution in [0, 0.1) is 5.92 Å². The van der Waals surface area contributed by atoms with Crippen LogP contribution in [0.1, 0.15) is 32.5 Å². The summed E-state index contributed by atoms with van der Waals surface area (Å²) in [5.74, 6) is -2.05. The van der Waals surface area contributed by atoms with Crippen molar-refractivity contribution in [2.75, 3.05) is 26.2 Å². The van der Waals surface area contributed by atoms with Gasteiger partial charge in [-0.1, -0.05) is 11.6 Å². The molecule has 2 fully saturated rings. The van der Waals surface area contributed by atoms with E-state index in [1.165, 1.54) is 0 Å². The van der Waals surface area contributed by atoms with Crippen molar-refractivity contribution in [3.05, 3.63) is 35.4 Å². The molecule has 1 saturated carbocycles. The van der Waals surface area contributed by atoms with Crippen LogP contribution in [0.3, 0.4) is 0 Å². The average molecular weight is 426 g/mol. The molecular formula is C20H26ClF2N5O. The van der Waals surface area contributed by atoms with Gasteiger partial charge in [-0.05, 0) is 31.9 Å². The first-order valence-electron chi connectivity index (χ1n) is 9.93. The third-order valence-corrected chi connectivity index (χ3v) is 6.16. The third kappa shape index (κ3) is 4.11. The first-order chi connectivity index (χ1) is 13.7. The summed E-state index contributed by atoms with van der Waals surface area (Å²) in [6, 6.07) is 3.23. The summed E-state index contributed by atoms with van der Waals surface area (Å²) in [5, 5.41) is 6.93. The van der Waals surface area contributed by atoms with Crippen molar-refractivity contribution < 1.29 is 13.6 Å². The summed E-state index contributed by atoms with van der Waals surface area (Å²) < 4.78 is 28.3. The molecule has 1 saturated heterocycles. The Morgan fingerprint density at radius 3 is 2.93 bits per heavy atom. The van der Waals surface area contributed by atoms with Crippen molar-refractivity contribution in [1.29, 1.82) is 0 Å². The monoisotopic (exact) mass is 425 g/mol. The topological polar surface area (TPSA) is 61.7 Å². The molecule has 2 aromatic heterocycles. The number of piperazine rings is 1. The number of carbonyl (C=O) groups excluding carboxylic acids is 1. The maximum Gasteiger partial charge on any atom is 0.248 e. The second-order valence-electron chi connectivity index (χ2n) is 8.65. The van der Waals surface area contributed by atoms with E-state index in [1.54, 1.807) is 12.3 Å². The number of fused-ring (bicyclic) bond motifs is 1. The van der Waals surface area contributed by atoms with E-state index < -0.39 is 17.5 Å². The van der Waals surface area contributed by atoms with Gasteiger partial charge in [0.1, 0.15) is 11.9 Å². The van der Waals surface area contributed by atoms with Crippen LogP contribution in [0.15, 0.2) is 24.5 Å². The predicted molar refractivity (Wildman–Crippen MR) is 107 cm³/mol. The lowest BCUT2D eigenvalue weighted by atomic mass is 9.80. The molecule has 2 aliphatic rings. The van der Waals surface area contributed by atoms with Gasteiger partial charge in [0.25, 0.3) is 0 Å². The van der Waals surface area contributed by atoms with Crippen LogP contribution in [0.2, 0.25) is 5.02 Å². The van der Waals surface area contributed by atoms with Crippen LogP contribution in [-0.4, -0.2) is 58.3 Å². The number of carbonyl (C=O) groups is 1. The number of halogens is 3. The predicted octanol–water partition coefficient (Wildman–Crippen LogP) is 2.66. The second kappa shape index (κ2) is 7.49. The van der Waals surface area contributed by atoms with Crippen molar-refractivity contribution in [3.63, 3.8) is 0 Å². The number of aromatic nitrogens is 2. The van der Waals surface area contributed by atoms with Gasteiger partial charge in [0.15, 0.2) is 0 Å². The number of nitrogens with zero attached hydrogens (tertiary/aromatic N) is 3. The summed E-state index contributed by atoms with van der Waals surface area (Å²) in [4.78, 5) is 19.6. The van der Waals surface area contributed by atoms with E-state index in [-0.39, 0.29) is 24.7 Å². The number of nitrogens with one attached hydrogen (secondary N) is 2. The molecule has 2 N–H and O–H groups in total. The summed E-state index contributed by atoms with van der Waals surface area (Å²) in [6.45, 7) is 6.24. The van der Waals surface area contributed by atoms with Gasteiger partial charge in [-0.3, -0.25) is 9.69 Å². The highest BCUT2D eigenvalue weighted by atomic mass is 35.5. The minimum absolute atomic E-state index is 0.0511. The van der Waals surface area contributed by atoms with Gasteiger partial charge in [-0.2, -0.15) is 0 Å². The molecular weight excluding hydrogens is 400 g/mol. The Bertz CT molecular complexity index is 907. The third-order valence-electron chi connectivity index (χ3n) is 5.84. The number of rotatable bonds is 5. The highest BCUT2D eigenvalue weighted by molar-refractivity contribution is 6.33. The zero-order valence-corrected chi connectivity index (χ0v) is 17.3. The van der Waals surface area contributed by atoms with Gasteiger partial charge < -0.3 is 15.0 Å². The summed E-state index contributed by atoms with van der Waals surface area (Å²) in [7, 11) is 0. The molecule has 0 bridgehead atoms. The first kappa shape index (κ1) is 20.5. The zero-order chi connectivity index (χ0) is 20.8. The van der Waals surface area contributed by atoms with Crippen LogP contribution in [0.4, 0.5) is 8.78 Å². The molecule has 158 valence electrons. The van der Waals surface area contributed by atoms with Gasteiger partial charge in [0.05, 0.1) is 22.3 Å². The quantitative estimate of drug-likeness (QED) is 0.773. The van der Waals surface area contributed by atoms with Crippen LogP contribution < -0.4 is 10.6 Å². The molecule has 1 aliphatic carbocycles. The number of alkyl halides is 2. The lowest BCUT2D eigenvalue weighted by molar-refractivity contribution is -0.134. The van der Waals surface area contributed by atoms with E-state index in [1.807, 2.05) is 35.4 Å². The Hall–Kier alpha value is -1.77. The maximum atomic E-state index is 13.2. The van der Waals surface area contributed by atoms with Crippen LogP contribution in [-0.2, 0) is 10.3 Å². The van der Waals surface area contributed by atoms with E-state index in [0.29, 0.717) is 30.5 Å². The Kier molecular flexibility index (Phi) is 5.29. The minimum Gasteiger partial charge on any atom is -0.343 e. The number of pyridine rings is 1. The SMILES string of the molecule is CC(C)(NC(=O)[C@@H]1CNCCN1CC1CC(F)(F)C1)c1ncc2c(Cl)cccn12. The van der Waals surface area contributed by atoms with E-state index >= 15 is 0 Å². The normalized spacial score (nSPS) is 23.1. The van der Waals surface area contributed by atoms with Gasteiger partial charge in [0, 0.05) is 45.2 Å². The number of hydrogen-bond acceptors (Lipinski definition) is 4. The van der Waals surface area contributed by atoms with E-state index in [4.69, 9.17) is 11.6 Å². The van der Waals surface area contributed by atoms with Crippen LogP contribution in [0.25, 0.3) is 5.52 Å². The Morgan fingerprint density at radius 1 is 1.45 bits per heavy atom. The Morgan fingerprint density at radius 2 is 2.21 bits per heavy atom. The van der Waals surface area contributed by atoms with Gasteiger partial charge in [0.2, 0.25) is 11.8 Å². The van der Waals surface area contributed by atoms with E-state index in [0.717, 1.165) is 12.1 Å². The molecule has 0 unspecified atom stereocenters. The summed E-state index contributed by atoms with van der Waals surface area (Å²) in [5.41, 5.74) is 0.0409. The van der Waals surface area contributed by atoms with Gasteiger partial charge >= 0.3 is 0 Å². The molecule has 3 heterocycles. The first-order valence-corrected chi connectivity index (χ1v) is 10.3. The van der Waals surface area contributed by atoms with E-state index in [2.05, 4.69) is 15.6 Å². The lowest BCUT2D eigenvalue weighted by Gasteiger charge is -2.42. The molecule has 4 rings (SSSR count). The van der Waals surface area contributed by atoms with E-state index in [9.17, 15) is 13.6 Å². The van der Waals surface area contributed by atoms with Crippen molar-refractivity contribution >= 4 is 23.0 Å². The van der Waals surface area contributed by atoms with Gasteiger partial charge in [-0.15, -0.1) is 0 Å². The molecule has 2 aromatic rings. The molecule has 1 amide bonds. The minimum atomic E-state index is -2.54. The van der Waals surface area contributed by atoms with Crippen molar-refractivity contribution in [1.82, 2.24) is 24.9 Å². The number of hydrogen-bond donors (Lipinski definition) is 2. The molecule has 6 nitrogen and oxygen atoms in total. The van der Waals surface area contributed by atoms with Crippen molar-refractivity contribution in [2.24, 2.45) is 5.92 Å². The fraction of sp³-hybridized carbons (Fsp3) is 0.600. The maximum absolute atomic E-state index is 13.2. The standard InChI is InChI=1S/C20H26ClF2N5O/c1-19(2,18-25-11-15-14(21)4-3-6-28(15)18)26-17(29)16-10-24-5-7-27(16)12-13-8-20(22,23)9-13/h3-4,6,11,13,16,24H,5,7-10,12H2,1-2H3,(H,26,29)/t16-/m0/s1. The number of amides is 1. The molecule has 0 aromatic carbocycles.